The van der Waals surface area contributed by atoms with Crippen molar-refractivity contribution in [2.75, 3.05) is 0 Å². The molecule has 0 saturated carbocycles. The van der Waals surface area contributed by atoms with Gasteiger partial charge in [-0.25, -0.2) is 4.99 Å². The van der Waals surface area contributed by atoms with Gasteiger partial charge in [-0.15, -0.1) is 11.3 Å². The molecule has 3 aromatic heterocycles. The van der Waals surface area contributed by atoms with Crippen molar-refractivity contribution in [2.24, 2.45) is 4.99 Å². The van der Waals surface area contributed by atoms with Crippen molar-refractivity contribution >= 4 is 76.2 Å². The molecule has 0 amide bonds. The van der Waals surface area contributed by atoms with Crippen LogP contribution in [-0.4, -0.2) is 10.4 Å². The fourth-order valence-electron chi connectivity index (χ4n) is 9.21. The van der Waals surface area contributed by atoms with Crippen molar-refractivity contribution < 1.29 is 4.42 Å². The van der Waals surface area contributed by atoms with Crippen LogP contribution in [0.3, 0.4) is 0 Å². The molecule has 1 aliphatic heterocycles. The molecule has 2 N–H and O–H groups in total. The van der Waals surface area contributed by atoms with Crippen LogP contribution in [0.2, 0.25) is 0 Å². The molecule has 0 fully saturated rings. The zero-order valence-corrected chi connectivity index (χ0v) is 31.7. The minimum Gasteiger partial charge on any atom is -0.460 e. The second kappa shape index (κ2) is 12.9. The average Bonchev–Trinajstić information content (AvgIpc) is 3.96. The Morgan fingerprint density at radius 2 is 1.33 bits per heavy atom. The quantitative estimate of drug-likeness (QED) is 0.184. The summed E-state index contributed by atoms with van der Waals surface area (Å²) in [6, 6.07) is 58.7. The number of para-hydroxylation sites is 2. The number of benzene rings is 7. The van der Waals surface area contributed by atoms with E-state index in [0.717, 1.165) is 51.2 Å². The highest BCUT2D eigenvalue weighted by atomic mass is 32.1. The smallest absolute Gasteiger partial charge is 0.135 e. The number of aromatic nitrogens is 1. The van der Waals surface area contributed by atoms with E-state index in [0.29, 0.717) is 0 Å². The van der Waals surface area contributed by atoms with Gasteiger partial charge in [0.05, 0.1) is 11.0 Å². The molecule has 272 valence electrons. The normalized spacial score (nSPS) is 18.0. The predicted octanol–water partition coefficient (Wildman–Crippen LogP) is 12.8. The number of hydrogen-bond donors (Lipinski definition) is 2. The molecule has 0 radical (unpaired) electrons. The van der Waals surface area contributed by atoms with E-state index in [1.165, 1.54) is 53.2 Å². The lowest BCUT2D eigenvalue weighted by molar-refractivity contribution is 0.411. The summed E-state index contributed by atoms with van der Waals surface area (Å²) in [5.74, 6) is 2.01. The number of thiophene rings is 1. The highest BCUT2D eigenvalue weighted by Crippen LogP contribution is 2.45. The monoisotopic (exact) mass is 752 g/mol. The topological polar surface area (TPSA) is 54.5 Å². The van der Waals surface area contributed by atoms with Gasteiger partial charge in [0.15, 0.2) is 0 Å². The Morgan fingerprint density at radius 1 is 0.632 bits per heavy atom. The summed E-state index contributed by atoms with van der Waals surface area (Å²) in [6.07, 6.45) is 5.07. The minimum atomic E-state index is -0.208. The second-order valence-electron chi connectivity index (χ2n) is 15.1. The van der Waals surface area contributed by atoms with Gasteiger partial charge in [0, 0.05) is 64.6 Å². The lowest BCUT2D eigenvalue weighted by Gasteiger charge is -2.32. The summed E-state index contributed by atoms with van der Waals surface area (Å²) in [7, 11) is 0. The van der Waals surface area contributed by atoms with Gasteiger partial charge in [0.2, 0.25) is 0 Å². The Labute approximate surface area is 333 Å². The number of furan rings is 1. The van der Waals surface area contributed by atoms with Crippen LogP contribution in [0.25, 0.3) is 64.7 Å². The zero-order chi connectivity index (χ0) is 37.5. The lowest BCUT2D eigenvalue weighted by atomic mass is 9.85. The van der Waals surface area contributed by atoms with Crippen molar-refractivity contribution in [2.45, 2.75) is 24.7 Å². The number of nitrogens with one attached hydrogen (secondary N) is 2. The van der Waals surface area contributed by atoms with Crippen LogP contribution >= 0.6 is 11.3 Å². The van der Waals surface area contributed by atoms with E-state index in [4.69, 9.17) is 9.41 Å². The lowest BCUT2D eigenvalue weighted by Crippen LogP contribution is -2.45. The first-order valence-electron chi connectivity index (χ1n) is 19.6. The number of aliphatic imine (C=N–C) groups is 1. The number of rotatable bonds is 5. The largest absolute Gasteiger partial charge is 0.460 e. The van der Waals surface area contributed by atoms with E-state index in [1.54, 1.807) is 0 Å². The van der Waals surface area contributed by atoms with E-state index < -0.39 is 0 Å². The molecule has 7 aromatic carbocycles. The van der Waals surface area contributed by atoms with E-state index in [2.05, 4.69) is 179 Å². The van der Waals surface area contributed by atoms with Crippen LogP contribution in [0.4, 0.5) is 0 Å². The Hall–Kier alpha value is -6.73. The second-order valence-corrected chi connectivity index (χ2v) is 16.2. The maximum absolute atomic E-state index is 6.87. The Bertz CT molecular complexity index is 3190. The van der Waals surface area contributed by atoms with E-state index in [1.807, 2.05) is 23.5 Å². The standard InChI is InChI=1S/C51H36N4OS/c1-3-13-31(14-4-1)49-52-50(32-15-5-2-6-16-32)54-51(53-49)41-21-12-24-44-47(41)40-20-11-19-35(48(40)56-44)33-25-27-38-39-28-26-34(30-46(39)57-45(38)29-33)55-42-22-9-7-17-36(42)37-18-8-10-23-43(37)55/h1-18,20-30,35,49,51,53H,19H2,(H,52,54). The first-order valence-corrected chi connectivity index (χ1v) is 20.4. The van der Waals surface area contributed by atoms with E-state index >= 15 is 0 Å². The summed E-state index contributed by atoms with van der Waals surface area (Å²) in [6.45, 7) is 0. The van der Waals surface area contributed by atoms with Crippen LogP contribution < -0.4 is 10.6 Å². The molecule has 4 heterocycles. The molecule has 3 unspecified atom stereocenters. The van der Waals surface area contributed by atoms with Crippen molar-refractivity contribution in [3.05, 3.63) is 203 Å². The molecule has 0 saturated heterocycles. The van der Waals surface area contributed by atoms with Crippen molar-refractivity contribution in [3.8, 4) is 5.69 Å². The number of fused-ring (bicyclic) bond motifs is 9. The molecule has 57 heavy (non-hydrogen) atoms. The summed E-state index contributed by atoms with van der Waals surface area (Å²) < 4.78 is 11.9. The fourth-order valence-corrected chi connectivity index (χ4v) is 10.4. The fraction of sp³-hybridized carbons (Fsp3) is 0.0784. The van der Waals surface area contributed by atoms with Crippen molar-refractivity contribution in [1.29, 1.82) is 0 Å². The van der Waals surface area contributed by atoms with Gasteiger partial charge < -0.3 is 14.3 Å². The van der Waals surface area contributed by atoms with E-state index in [-0.39, 0.29) is 18.2 Å². The summed E-state index contributed by atoms with van der Waals surface area (Å²) in [5.41, 5.74) is 10.3. The van der Waals surface area contributed by atoms with Crippen LogP contribution in [-0.2, 0) is 0 Å². The van der Waals surface area contributed by atoms with Crippen LogP contribution in [0.5, 0.6) is 0 Å². The molecule has 10 aromatic rings. The van der Waals surface area contributed by atoms with Gasteiger partial charge in [-0.1, -0.05) is 140 Å². The molecule has 3 atom stereocenters. The van der Waals surface area contributed by atoms with Gasteiger partial charge in [-0.2, -0.15) is 0 Å². The first-order chi connectivity index (χ1) is 28.2. The SMILES string of the molecule is C1=Cc2c(oc3cccc(C4NC(c5ccccc5)=NC(c5ccccc5)N4)c23)C(c2ccc3c(c2)sc2cc(-n4c5ccccc5c5ccccc54)ccc23)C1. The molecule has 1 aliphatic carbocycles. The van der Waals surface area contributed by atoms with E-state index in [9.17, 15) is 0 Å². The third-order valence-corrected chi connectivity index (χ3v) is 13.0. The van der Waals surface area contributed by atoms with Gasteiger partial charge in [0.1, 0.15) is 29.5 Å². The average molecular weight is 753 g/mol. The highest BCUT2D eigenvalue weighted by molar-refractivity contribution is 7.25. The highest BCUT2D eigenvalue weighted by Gasteiger charge is 2.31. The summed E-state index contributed by atoms with van der Waals surface area (Å²) >= 11 is 1.88. The maximum Gasteiger partial charge on any atom is 0.135 e. The number of hydrogen-bond acceptors (Lipinski definition) is 5. The molecule has 5 nitrogen and oxygen atoms in total. The van der Waals surface area contributed by atoms with Crippen LogP contribution in [0.15, 0.2) is 179 Å². The number of allylic oxidation sites excluding steroid dienone is 1. The first kappa shape index (κ1) is 32.5. The molecule has 6 heteroatoms. The van der Waals surface area contributed by atoms with Gasteiger partial charge in [-0.3, -0.25) is 5.32 Å². The molecule has 0 bridgehead atoms. The van der Waals surface area contributed by atoms with Crippen LogP contribution in [0.1, 0.15) is 58.2 Å². The van der Waals surface area contributed by atoms with Gasteiger partial charge in [0.25, 0.3) is 0 Å². The van der Waals surface area contributed by atoms with Crippen LogP contribution in [0, 0.1) is 0 Å². The number of nitrogens with zero attached hydrogens (tertiary/aromatic N) is 2. The Balaban J connectivity index is 0.927. The third kappa shape index (κ3) is 5.22. The molecule has 12 rings (SSSR count). The molecule has 0 spiro atoms. The van der Waals surface area contributed by atoms with Gasteiger partial charge in [-0.05, 0) is 53.9 Å². The van der Waals surface area contributed by atoms with Gasteiger partial charge >= 0.3 is 0 Å². The molecular weight excluding hydrogens is 717 g/mol. The number of amidine groups is 1. The zero-order valence-electron chi connectivity index (χ0n) is 30.9. The van der Waals surface area contributed by atoms with Crippen molar-refractivity contribution in [3.63, 3.8) is 0 Å². The Kier molecular flexibility index (Phi) is 7.37. The summed E-state index contributed by atoms with van der Waals surface area (Å²) in [5, 5.41) is 13.9. The maximum atomic E-state index is 6.87. The predicted molar refractivity (Wildman–Crippen MR) is 237 cm³/mol. The van der Waals surface area contributed by atoms with Crippen molar-refractivity contribution in [1.82, 2.24) is 15.2 Å². The minimum absolute atomic E-state index is 0.110. The Morgan fingerprint density at radius 3 is 2.12 bits per heavy atom. The molecule has 2 aliphatic rings. The molecular formula is C51H36N4OS. The third-order valence-electron chi connectivity index (χ3n) is 11.8. The summed E-state index contributed by atoms with van der Waals surface area (Å²) in [4.78, 5) is 5.14.